The highest BCUT2D eigenvalue weighted by Gasteiger charge is 2.26. The van der Waals surface area contributed by atoms with Gasteiger partial charge in [0, 0.05) is 34.3 Å². The molecule has 2 heterocycles. The summed E-state index contributed by atoms with van der Waals surface area (Å²) < 4.78 is 38.7. The molecule has 1 aromatic heterocycles. The first-order valence-electron chi connectivity index (χ1n) is 8.77. The fourth-order valence-electron chi connectivity index (χ4n) is 2.92. The van der Waals surface area contributed by atoms with E-state index >= 15 is 0 Å². The number of anilines is 1. The predicted octanol–water partition coefficient (Wildman–Crippen LogP) is 6.26. The second kappa shape index (κ2) is 7.85. The Bertz CT molecular complexity index is 1130. The fraction of sp³-hybridized carbons (Fsp3) is 0.143. The van der Waals surface area contributed by atoms with Crippen molar-refractivity contribution in [2.45, 2.75) is 12.8 Å². The smallest absolute Gasteiger partial charge is 0.270 e. The molecule has 9 heteroatoms. The second-order valence-electron chi connectivity index (χ2n) is 6.65. The van der Waals surface area contributed by atoms with Gasteiger partial charge in [-0.15, -0.1) is 0 Å². The number of pyridine rings is 1. The maximum Gasteiger partial charge on any atom is 0.270 e. The van der Waals surface area contributed by atoms with Gasteiger partial charge in [0.15, 0.2) is 11.5 Å². The number of nitrogens with one attached hydrogen (secondary N) is 1. The van der Waals surface area contributed by atoms with Gasteiger partial charge in [0.1, 0.15) is 5.82 Å². The van der Waals surface area contributed by atoms with Gasteiger partial charge in [-0.3, -0.25) is 4.79 Å². The Morgan fingerprint density at radius 2 is 1.90 bits per heavy atom. The third kappa shape index (κ3) is 4.11. The van der Waals surface area contributed by atoms with E-state index in [0.29, 0.717) is 11.5 Å². The van der Waals surface area contributed by atoms with Crippen LogP contribution in [0.3, 0.4) is 0 Å². The zero-order valence-corrected chi connectivity index (χ0v) is 17.9. The number of ether oxygens (including phenoxy) is 2. The van der Waals surface area contributed by atoms with Crippen molar-refractivity contribution < 1.29 is 23.0 Å². The molecule has 0 atom stereocenters. The lowest BCUT2D eigenvalue weighted by atomic mass is 10.1. The van der Waals surface area contributed by atoms with E-state index in [2.05, 4.69) is 26.2 Å². The highest BCUT2D eigenvalue weighted by molar-refractivity contribution is 9.10. The van der Waals surface area contributed by atoms with Crippen molar-refractivity contribution in [1.29, 1.82) is 0 Å². The molecule has 3 aromatic rings. The van der Waals surface area contributed by atoms with Gasteiger partial charge in [0.25, 0.3) is 11.8 Å². The summed E-state index contributed by atoms with van der Waals surface area (Å²) in [4.78, 5) is 16.8. The molecule has 0 saturated heterocycles. The van der Waals surface area contributed by atoms with Crippen LogP contribution in [0.25, 0.3) is 11.1 Å². The number of nitrogens with zero attached hydrogens (tertiary/aromatic N) is 1. The minimum Gasteiger partial charge on any atom is -0.454 e. The molecule has 4 rings (SSSR count). The van der Waals surface area contributed by atoms with Crippen molar-refractivity contribution in [3.05, 3.63) is 69.3 Å². The molecule has 0 fully saturated rings. The first-order chi connectivity index (χ1) is 14.2. The average molecular weight is 496 g/mol. The van der Waals surface area contributed by atoms with Crippen LogP contribution in [0.1, 0.15) is 22.8 Å². The molecule has 1 amide bonds. The summed E-state index contributed by atoms with van der Waals surface area (Å²) in [6, 6.07) is 10.6. The summed E-state index contributed by atoms with van der Waals surface area (Å²) in [6.07, 6.45) is 1.58. The molecule has 154 valence electrons. The van der Waals surface area contributed by atoms with E-state index in [1.807, 2.05) is 12.1 Å². The van der Waals surface area contributed by atoms with E-state index in [1.165, 1.54) is 12.1 Å². The number of hydrogen-bond acceptors (Lipinski definition) is 4. The van der Waals surface area contributed by atoms with Crippen LogP contribution in [0.2, 0.25) is 5.02 Å². The van der Waals surface area contributed by atoms with Gasteiger partial charge in [-0.1, -0.05) is 33.6 Å². The molecule has 0 saturated carbocycles. The second-order valence-corrected chi connectivity index (χ2v) is 7.92. The molecule has 1 aliphatic rings. The fourth-order valence-corrected chi connectivity index (χ4v) is 3.68. The Morgan fingerprint density at radius 1 is 1.17 bits per heavy atom. The van der Waals surface area contributed by atoms with Gasteiger partial charge in [0.05, 0.1) is 10.6 Å². The quantitative estimate of drug-likeness (QED) is 0.464. The Labute approximate surface area is 184 Å². The average Bonchev–Trinajstić information content (AvgIpc) is 3.14. The number of alkyl halides is 2. The van der Waals surface area contributed by atoms with Gasteiger partial charge in [-0.05, 0) is 36.4 Å². The van der Waals surface area contributed by atoms with Crippen LogP contribution in [0.15, 0.2) is 53.1 Å². The Hall–Kier alpha value is -2.71. The molecule has 0 bridgehead atoms. The third-order valence-electron chi connectivity index (χ3n) is 4.50. The number of carbonyl (C=O) groups is 1. The van der Waals surface area contributed by atoms with Crippen LogP contribution in [0.5, 0.6) is 11.5 Å². The van der Waals surface area contributed by atoms with Crippen molar-refractivity contribution in [1.82, 2.24) is 4.98 Å². The number of fused-ring (bicyclic) bond motifs is 1. The lowest BCUT2D eigenvalue weighted by Gasteiger charge is -2.13. The zero-order chi connectivity index (χ0) is 21.5. The summed E-state index contributed by atoms with van der Waals surface area (Å²) in [5.41, 5.74) is 1.27. The normalized spacial score (nSPS) is 12.7. The maximum absolute atomic E-state index is 13.6. The van der Waals surface area contributed by atoms with Crippen molar-refractivity contribution in [3.8, 4) is 22.6 Å². The van der Waals surface area contributed by atoms with Gasteiger partial charge in [0.2, 0.25) is 6.79 Å². The Morgan fingerprint density at radius 3 is 2.57 bits per heavy atom. The van der Waals surface area contributed by atoms with Crippen molar-refractivity contribution in [2.75, 3.05) is 12.1 Å². The molecule has 5 nitrogen and oxygen atoms in total. The number of benzene rings is 2. The number of amides is 1. The minimum atomic E-state index is -3.09. The summed E-state index contributed by atoms with van der Waals surface area (Å²) in [6.45, 7) is 0.925. The molecule has 1 aliphatic heterocycles. The lowest BCUT2D eigenvalue weighted by Crippen LogP contribution is -2.15. The number of halogens is 4. The van der Waals surface area contributed by atoms with E-state index in [0.717, 1.165) is 28.6 Å². The first kappa shape index (κ1) is 20.6. The third-order valence-corrected chi connectivity index (χ3v) is 5.48. The summed E-state index contributed by atoms with van der Waals surface area (Å²) >= 11 is 9.52. The zero-order valence-electron chi connectivity index (χ0n) is 15.5. The summed E-state index contributed by atoms with van der Waals surface area (Å²) in [7, 11) is 0. The maximum atomic E-state index is 13.6. The van der Waals surface area contributed by atoms with Crippen LogP contribution in [-0.2, 0) is 5.92 Å². The van der Waals surface area contributed by atoms with Crippen LogP contribution < -0.4 is 14.8 Å². The predicted molar refractivity (Wildman–Crippen MR) is 112 cm³/mol. The van der Waals surface area contributed by atoms with Crippen molar-refractivity contribution >= 4 is 39.3 Å². The SMILES string of the molecule is CC(F)(F)c1ccc(Cl)c(C(=O)Nc2ccc(-c3cc4c(cc3Br)OCO4)cn2)c1. The Kier molecular flexibility index (Phi) is 5.38. The molecular formula is C21H14BrClF2N2O3. The monoisotopic (exact) mass is 494 g/mol. The van der Waals surface area contributed by atoms with E-state index in [9.17, 15) is 13.6 Å². The van der Waals surface area contributed by atoms with Crippen molar-refractivity contribution in [3.63, 3.8) is 0 Å². The van der Waals surface area contributed by atoms with E-state index in [-0.39, 0.29) is 28.8 Å². The Balaban J connectivity index is 1.55. The first-order valence-corrected chi connectivity index (χ1v) is 9.94. The molecule has 1 N–H and O–H groups in total. The van der Waals surface area contributed by atoms with Gasteiger partial charge < -0.3 is 14.8 Å². The lowest BCUT2D eigenvalue weighted by molar-refractivity contribution is 0.0174. The molecule has 0 unspecified atom stereocenters. The topological polar surface area (TPSA) is 60.5 Å². The number of aromatic nitrogens is 1. The van der Waals surface area contributed by atoms with E-state index in [1.54, 1.807) is 18.3 Å². The van der Waals surface area contributed by atoms with Gasteiger partial charge in [-0.25, -0.2) is 13.8 Å². The van der Waals surface area contributed by atoms with Gasteiger partial charge >= 0.3 is 0 Å². The number of hydrogen-bond donors (Lipinski definition) is 1. The summed E-state index contributed by atoms with van der Waals surface area (Å²) in [5, 5.41) is 2.65. The molecule has 0 aliphatic carbocycles. The van der Waals surface area contributed by atoms with Crippen LogP contribution in [-0.4, -0.2) is 17.7 Å². The highest BCUT2D eigenvalue weighted by atomic mass is 79.9. The molecule has 0 radical (unpaired) electrons. The largest absolute Gasteiger partial charge is 0.454 e. The minimum absolute atomic E-state index is 0.0555. The molecule has 2 aromatic carbocycles. The van der Waals surface area contributed by atoms with Crippen LogP contribution in [0.4, 0.5) is 14.6 Å². The van der Waals surface area contributed by atoms with Crippen molar-refractivity contribution in [2.24, 2.45) is 0 Å². The molecule has 30 heavy (non-hydrogen) atoms. The standard InChI is InChI=1S/C21H14BrClF2N2O3/c1-21(24,25)12-3-4-16(23)14(6-12)20(28)27-19-5-2-11(9-26-19)13-7-17-18(8-15(13)22)30-10-29-17/h2-9H,10H2,1H3,(H,26,27,28). The van der Waals surface area contributed by atoms with E-state index < -0.39 is 11.8 Å². The number of carbonyl (C=O) groups excluding carboxylic acids is 1. The van der Waals surface area contributed by atoms with Gasteiger partial charge in [-0.2, -0.15) is 0 Å². The summed E-state index contributed by atoms with van der Waals surface area (Å²) in [5.74, 6) is -2.18. The molecular weight excluding hydrogens is 482 g/mol. The number of rotatable bonds is 4. The van der Waals surface area contributed by atoms with Crippen LogP contribution in [0, 0.1) is 0 Å². The molecule has 0 spiro atoms. The highest BCUT2D eigenvalue weighted by Crippen LogP contribution is 2.41. The van der Waals surface area contributed by atoms with E-state index in [4.69, 9.17) is 21.1 Å². The van der Waals surface area contributed by atoms with Crippen LogP contribution >= 0.6 is 27.5 Å².